The standard InChI is InChI=1S/C13H16O4/c1-16-10-4-2-5-11(8-10)17-9-13(12(14)15)6-3-7-13/h2,4-5,8H,3,6-7,9H2,1H3,(H,14,15). The van der Waals surface area contributed by atoms with Crippen LogP contribution in [0.2, 0.25) is 0 Å². The molecule has 0 radical (unpaired) electrons. The Kier molecular flexibility index (Phi) is 3.22. The van der Waals surface area contributed by atoms with Crippen LogP contribution in [-0.2, 0) is 4.79 Å². The van der Waals surface area contributed by atoms with Gasteiger partial charge in [0.25, 0.3) is 0 Å². The first kappa shape index (κ1) is 11.8. The van der Waals surface area contributed by atoms with Crippen molar-refractivity contribution in [2.75, 3.05) is 13.7 Å². The van der Waals surface area contributed by atoms with Crippen LogP contribution in [0.25, 0.3) is 0 Å². The Labute approximate surface area is 100 Å². The number of carbonyl (C=O) groups is 1. The summed E-state index contributed by atoms with van der Waals surface area (Å²) in [6, 6.07) is 7.20. The van der Waals surface area contributed by atoms with E-state index >= 15 is 0 Å². The molecular weight excluding hydrogens is 220 g/mol. The maximum absolute atomic E-state index is 11.1. The fourth-order valence-electron chi connectivity index (χ4n) is 1.94. The van der Waals surface area contributed by atoms with Gasteiger partial charge in [0, 0.05) is 6.07 Å². The first-order valence-corrected chi connectivity index (χ1v) is 5.66. The van der Waals surface area contributed by atoms with Crippen LogP contribution in [0.5, 0.6) is 11.5 Å². The molecule has 1 aliphatic carbocycles. The van der Waals surface area contributed by atoms with E-state index in [1.807, 2.05) is 12.1 Å². The van der Waals surface area contributed by atoms with Crippen molar-refractivity contribution in [3.63, 3.8) is 0 Å². The number of carboxylic acids is 1. The van der Waals surface area contributed by atoms with Gasteiger partial charge in [0.15, 0.2) is 0 Å². The predicted octanol–water partition coefficient (Wildman–Crippen LogP) is 2.33. The lowest BCUT2D eigenvalue weighted by Crippen LogP contribution is -2.43. The van der Waals surface area contributed by atoms with Gasteiger partial charge in [-0.1, -0.05) is 12.5 Å². The van der Waals surface area contributed by atoms with Crippen LogP contribution in [0.1, 0.15) is 19.3 Å². The van der Waals surface area contributed by atoms with Crippen molar-refractivity contribution in [1.82, 2.24) is 0 Å². The fraction of sp³-hybridized carbons (Fsp3) is 0.462. The van der Waals surface area contributed by atoms with Gasteiger partial charge in [-0.3, -0.25) is 4.79 Å². The topological polar surface area (TPSA) is 55.8 Å². The number of carboxylic acid groups (broad SMARTS) is 1. The Balaban J connectivity index is 1.99. The summed E-state index contributed by atoms with van der Waals surface area (Å²) in [6.07, 6.45) is 2.37. The first-order chi connectivity index (χ1) is 8.16. The molecule has 1 fully saturated rings. The second kappa shape index (κ2) is 4.65. The average Bonchev–Trinajstić information content (AvgIpc) is 2.27. The van der Waals surface area contributed by atoms with Crippen LogP contribution in [0, 0.1) is 5.41 Å². The van der Waals surface area contributed by atoms with Crippen molar-refractivity contribution in [3.8, 4) is 11.5 Å². The molecule has 0 heterocycles. The van der Waals surface area contributed by atoms with Crippen molar-refractivity contribution in [2.24, 2.45) is 5.41 Å². The van der Waals surface area contributed by atoms with Gasteiger partial charge in [0.2, 0.25) is 0 Å². The number of benzene rings is 1. The number of aliphatic carboxylic acids is 1. The van der Waals surface area contributed by atoms with Crippen molar-refractivity contribution in [1.29, 1.82) is 0 Å². The van der Waals surface area contributed by atoms with Gasteiger partial charge < -0.3 is 14.6 Å². The predicted molar refractivity (Wildman–Crippen MR) is 62.4 cm³/mol. The third-order valence-electron chi connectivity index (χ3n) is 3.32. The summed E-state index contributed by atoms with van der Waals surface area (Å²) < 4.78 is 10.6. The van der Waals surface area contributed by atoms with Crippen LogP contribution in [0.3, 0.4) is 0 Å². The molecule has 1 aromatic rings. The largest absolute Gasteiger partial charge is 0.497 e. The lowest BCUT2D eigenvalue weighted by molar-refractivity contribution is -0.157. The minimum Gasteiger partial charge on any atom is -0.497 e. The van der Waals surface area contributed by atoms with Crippen LogP contribution in [0.4, 0.5) is 0 Å². The fourth-order valence-corrected chi connectivity index (χ4v) is 1.94. The number of hydrogen-bond acceptors (Lipinski definition) is 3. The van der Waals surface area contributed by atoms with Gasteiger partial charge >= 0.3 is 5.97 Å². The summed E-state index contributed by atoms with van der Waals surface area (Å²) in [5.74, 6) is 0.601. The summed E-state index contributed by atoms with van der Waals surface area (Å²) in [5, 5.41) is 9.16. The smallest absolute Gasteiger partial charge is 0.313 e. The summed E-state index contributed by atoms with van der Waals surface area (Å²) >= 11 is 0. The minimum atomic E-state index is -0.758. The van der Waals surface area contributed by atoms with E-state index in [-0.39, 0.29) is 6.61 Å². The van der Waals surface area contributed by atoms with Crippen LogP contribution >= 0.6 is 0 Å². The van der Waals surface area contributed by atoms with Gasteiger partial charge in [-0.2, -0.15) is 0 Å². The van der Waals surface area contributed by atoms with E-state index < -0.39 is 11.4 Å². The Hall–Kier alpha value is -1.71. The van der Waals surface area contributed by atoms with Gasteiger partial charge in [0.05, 0.1) is 7.11 Å². The van der Waals surface area contributed by atoms with Crippen LogP contribution in [0.15, 0.2) is 24.3 Å². The molecule has 1 aliphatic rings. The van der Waals surface area contributed by atoms with E-state index in [0.29, 0.717) is 24.3 Å². The maximum atomic E-state index is 11.1. The molecule has 0 unspecified atom stereocenters. The molecule has 1 saturated carbocycles. The van der Waals surface area contributed by atoms with E-state index in [0.717, 1.165) is 6.42 Å². The van der Waals surface area contributed by atoms with Crippen molar-refractivity contribution in [2.45, 2.75) is 19.3 Å². The molecule has 0 bridgehead atoms. The molecule has 0 spiro atoms. The number of rotatable bonds is 5. The molecular formula is C13H16O4. The Bertz CT molecular complexity index is 410. The quantitative estimate of drug-likeness (QED) is 0.852. The molecule has 2 rings (SSSR count). The Morgan fingerprint density at radius 3 is 2.65 bits per heavy atom. The Morgan fingerprint density at radius 1 is 1.41 bits per heavy atom. The monoisotopic (exact) mass is 236 g/mol. The third-order valence-corrected chi connectivity index (χ3v) is 3.32. The van der Waals surface area contributed by atoms with Gasteiger partial charge in [-0.25, -0.2) is 0 Å². The third kappa shape index (κ3) is 2.35. The van der Waals surface area contributed by atoms with Crippen molar-refractivity contribution in [3.05, 3.63) is 24.3 Å². The summed E-state index contributed by atoms with van der Waals surface area (Å²) in [4.78, 5) is 11.1. The molecule has 0 saturated heterocycles. The second-order valence-corrected chi connectivity index (χ2v) is 4.41. The lowest BCUT2D eigenvalue weighted by atomic mass is 9.69. The zero-order valence-electron chi connectivity index (χ0n) is 9.81. The van der Waals surface area contributed by atoms with Crippen molar-refractivity contribution >= 4 is 5.97 Å². The SMILES string of the molecule is COc1cccc(OCC2(C(=O)O)CCC2)c1. The van der Waals surface area contributed by atoms with E-state index in [1.54, 1.807) is 19.2 Å². The molecule has 4 heteroatoms. The molecule has 4 nitrogen and oxygen atoms in total. The van der Waals surface area contributed by atoms with E-state index in [4.69, 9.17) is 14.6 Å². The molecule has 1 aromatic carbocycles. The van der Waals surface area contributed by atoms with E-state index in [2.05, 4.69) is 0 Å². The highest BCUT2D eigenvalue weighted by atomic mass is 16.5. The molecule has 0 amide bonds. The molecule has 1 N–H and O–H groups in total. The first-order valence-electron chi connectivity index (χ1n) is 5.66. The molecule has 0 aromatic heterocycles. The minimum absolute atomic E-state index is 0.232. The number of hydrogen-bond donors (Lipinski definition) is 1. The second-order valence-electron chi connectivity index (χ2n) is 4.41. The lowest BCUT2D eigenvalue weighted by Gasteiger charge is -2.37. The molecule has 0 atom stereocenters. The van der Waals surface area contributed by atoms with E-state index in [9.17, 15) is 4.79 Å². The van der Waals surface area contributed by atoms with Gasteiger partial charge in [-0.15, -0.1) is 0 Å². The molecule has 17 heavy (non-hydrogen) atoms. The zero-order chi connectivity index (χ0) is 12.3. The molecule has 0 aliphatic heterocycles. The van der Waals surface area contributed by atoms with Crippen LogP contribution < -0.4 is 9.47 Å². The highest BCUT2D eigenvalue weighted by molar-refractivity contribution is 5.75. The summed E-state index contributed by atoms with van der Waals surface area (Å²) in [7, 11) is 1.59. The van der Waals surface area contributed by atoms with Crippen LogP contribution in [-0.4, -0.2) is 24.8 Å². The average molecular weight is 236 g/mol. The highest BCUT2D eigenvalue weighted by Gasteiger charge is 2.45. The van der Waals surface area contributed by atoms with E-state index in [1.165, 1.54) is 0 Å². The summed E-state index contributed by atoms with van der Waals surface area (Å²) in [6.45, 7) is 0.232. The van der Waals surface area contributed by atoms with Gasteiger partial charge in [-0.05, 0) is 25.0 Å². The normalized spacial score (nSPS) is 17.0. The molecule has 92 valence electrons. The van der Waals surface area contributed by atoms with Gasteiger partial charge in [0.1, 0.15) is 23.5 Å². The maximum Gasteiger partial charge on any atom is 0.313 e. The summed E-state index contributed by atoms with van der Waals surface area (Å²) in [5.41, 5.74) is -0.678. The highest BCUT2D eigenvalue weighted by Crippen LogP contribution is 2.41. The van der Waals surface area contributed by atoms with Crippen molar-refractivity contribution < 1.29 is 19.4 Å². The number of methoxy groups -OCH3 is 1. The number of ether oxygens (including phenoxy) is 2. The zero-order valence-corrected chi connectivity index (χ0v) is 9.81. The Morgan fingerprint density at radius 2 is 2.12 bits per heavy atom.